The molecule has 0 aliphatic carbocycles. The Morgan fingerprint density at radius 2 is 1.22 bits per heavy atom. The molecule has 0 bridgehead atoms. The smallest absolute Gasteiger partial charge is 0.326 e. The Hall–Kier alpha value is -3.93. The van der Waals surface area contributed by atoms with Crippen LogP contribution in [0.3, 0.4) is 0 Å². The van der Waals surface area contributed by atoms with Gasteiger partial charge in [0.2, 0.25) is 5.91 Å². The highest BCUT2D eigenvalue weighted by molar-refractivity contribution is 5.98. The largest absolute Gasteiger partial charge is 0.480 e. The van der Waals surface area contributed by atoms with Crippen molar-refractivity contribution in [2.75, 3.05) is 7.11 Å². The summed E-state index contributed by atoms with van der Waals surface area (Å²) in [5.74, 6) is -2.24. The molecule has 0 radical (unpaired) electrons. The molecule has 0 saturated heterocycles. The molecule has 0 spiro atoms. The lowest BCUT2D eigenvalue weighted by Crippen LogP contribution is -2.52. The van der Waals surface area contributed by atoms with Crippen molar-refractivity contribution >= 4 is 17.8 Å². The maximum atomic E-state index is 14.0. The predicted octanol–water partition coefficient (Wildman–Crippen LogP) is 3.54. The molecule has 0 unspecified atom stereocenters. The Labute approximate surface area is 186 Å². The number of carbonyl (C=O) groups excluding carboxylic acids is 2. The number of ether oxygens (including phenoxy) is 1. The number of carbonyl (C=O) groups is 3. The Morgan fingerprint density at radius 3 is 1.56 bits per heavy atom. The number of carboxylic acid groups (broad SMARTS) is 1. The van der Waals surface area contributed by atoms with Gasteiger partial charge in [0.05, 0.1) is 7.11 Å². The van der Waals surface area contributed by atoms with Crippen LogP contribution in [0.2, 0.25) is 0 Å². The third-order valence-electron chi connectivity index (χ3n) is 5.43. The Bertz CT molecular complexity index is 955. The zero-order valence-electron chi connectivity index (χ0n) is 17.7. The summed E-state index contributed by atoms with van der Waals surface area (Å²) in [5, 5.41) is 12.4. The molecule has 6 heteroatoms. The van der Waals surface area contributed by atoms with Gasteiger partial charge in [-0.15, -0.1) is 0 Å². The molecule has 3 aromatic rings. The van der Waals surface area contributed by atoms with Crippen LogP contribution in [0.15, 0.2) is 91.0 Å². The number of benzene rings is 3. The highest BCUT2D eigenvalue weighted by atomic mass is 16.5. The lowest BCUT2D eigenvalue weighted by molar-refractivity contribution is -0.144. The molecule has 2 N–H and O–H groups in total. The number of amides is 1. The zero-order chi connectivity index (χ0) is 23.0. The highest BCUT2D eigenvalue weighted by Gasteiger charge is 2.45. The molecule has 3 rings (SSSR count). The van der Waals surface area contributed by atoms with Crippen molar-refractivity contribution < 1.29 is 24.2 Å². The van der Waals surface area contributed by atoms with E-state index in [0.717, 1.165) is 0 Å². The van der Waals surface area contributed by atoms with Crippen LogP contribution >= 0.6 is 0 Å². The average Bonchev–Trinajstić information content (AvgIpc) is 2.84. The molecule has 0 saturated carbocycles. The first-order valence-electron chi connectivity index (χ1n) is 10.3. The van der Waals surface area contributed by atoms with E-state index in [2.05, 4.69) is 10.1 Å². The second-order valence-corrected chi connectivity index (χ2v) is 7.33. The summed E-state index contributed by atoms with van der Waals surface area (Å²) in [7, 11) is 1.24. The monoisotopic (exact) mass is 431 g/mol. The quantitative estimate of drug-likeness (QED) is 0.399. The summed E-state index contributed by atoms with van der Waals surface area (Å²) in [4.78, 5) is 37.5. The second kappa shape index (κ2) is 10.4. The van der Waals surface area contributed by atoms with Gasteiger partial charge in [0.1, 0.15) is 11.5 Å². The molecule has 1 atom stereocenters. The molecule has 0 aromatic heterocycles. The van der Waals surface area contributed by atoms with Gasteiger partial charge in [0.15, 0.2) is 0 Å². The lowest BCUT2D eigenvalue weighted by atomic mass is 9.68. The van der Waals surface area contributed by atoms with E-state index in [9.17, 15) is 19.5 Å². The van der Waals surface area contributed by atoms with E-state index in [1.165, 1.54) is 7.11 Å². The lowest BCUT2D eigenvalue weighted by Gasteiger charge is -2.35. The summed E-state index contributed by atoms with van der Waals surface area (Å²) in [6.45, 7) is 0. The number of rotatable bonds is 9. The van der Waals surface area contributed by atoms with Crippen LogP contribution in [0.25, 0.3) is 0 Å². The van der Waals surface area contributed by atoms with Gasteiger partial charge >= 0.3 is 11.9 Å². The number of aliphatic carboxylic acids is 1. The molecule has 0 heterocycles. The third kappa shape index (κ3) is 4.70. The number of nitrogens with one attached hydrogen (secondary N) is 1. The molecule has 0 aliphatic heterocycles. The number of esters is 1. The van der Waals surface area contributed by atoms with E-state index in [1.54, 1.807) is 0 Å². The standard InChI is InChI=1S/C26H25NO5/c1-32-23(28)18-17-22(24(29)30)27-25(31)26(19-11-5-2-6-12-19,20-13-7-3-8-14-20)21-15-9-4-10-16-21/h2-16,22H,17-18H2,1H3,(H,27,31)(H,29,30)/t22-/m1/s1. The fraction of sp³-hybridized carbons (Fsp3) is 0.192. The van der Waals surface area contributed by atoms with Crippen LogP contribution < -0.4 is 5.32 Å². The van der Waals surface area contributed by atoms with E-state index in [1.807, 2.05) is 91.0 Å². The maximum absolute atomic E-state index is 14.0. The van der Waals surface area contributed by atoms with Crippen LogP contribution in [-0.2, 0) is 24.5 Å². The Kier molecular flexibility index (Phi) is 7.39. The number of methoxy groups -OCH3 is 1. The van der Waals surface area contributed by atoms with Gasteiger partial charge in [-0.2, -0.15) is 0 Å². The van der Waals surface area contributed by atoms with Gasteiger partial charge < -0.3 is 15.2 Å². The first-order valence-corrected chi connectivity index (χ1v) is 10.3. The molecule has 0 aliphatic rings. The summed E-state index contributed by atoms with van der Waals surface area (Å²) < 4.78 is 4.62. The molecule has 3 aromatic carbocycles. The van der Waals surface area contributed by atoms with Crippen molar-refractivity contribution in [2.24, 2.45) is 0 Å². The van der Waals surface area contributed by atoms with Crippen LogP contribution in [0.5, 0.6) is 0 Å². The molecule has 0 fully saturated rings. The molecule has 6 nitrogen and oxygen atoms in total. The summed E-state index contributed by atoms with van der Waals surface area (Å²) >= 11 is 0. The fourth-order valence-corrected chi connectivity index (χ4v) is 3.85. The average molecular weight is 431 g/mol. The van der Waals surface area contributed by atoms with Gasteiger partial charge in [-0.1, -0.05) is 91.0 Å². The van der Waals surface area contributed by atoms with Crippen molar-refractivity contribution in [3.63, 3.8) is 0 Å². The second-order valence-electron chi connectivity index (χ2n) is 7.33. The Balaban J connectivity index is 2.14. The number of hydrogen-bond donors (Lipinski definition) is 2. The van der Waals surface area contributed by atoms with E-state index in [0.29, 0.717) is 16.7 Å². The van der Waals surface area contributed by atoms with Gasteiger partial charge in [-0.3, -0.25) is 9.59 Å². The van der Waals surface area contributed by atoms with E-state index in [4.69, 9.17) is 0 Å². The number of carboxylic acids is 1. The van der Waals surface area contributed by atoms with E-state index in [-0.39, 0.29) is 12.8 Å². The van der Waals surface area contributed by atoms with Gasteiger partial charge in [-0.25, -0.2) is 4.79 Å². The topological polar surface area (TPSA) is 92.7 Å². The minimum absolute atomic E-state index is 0.0812. The maximum Gasteiger partial charge on any atom is 0.326 e. The minimum atomic E-state index is -1.29. The van der Waals surface area contributed by atoms with Crippen molar-refractivity contribution in [2.45, 2.75) is 24.3 Å². The normalized spacial score (nSPS) is 11.9. The highest BCUT2D eigenvalue weighted by Crippen LogP contribution is 2.39. The van der Waals surface area contributed by atoms with Crippen molar-refractivity contribution in [3.05, 3.63) is 108 Å². The van der Waals surface area contributed by atoms with Gasteiger partial charge in [-0.05, 0) is 23.1 Å². The molecular formula is C26H25NO5. The van der Waals surface area contributed by atoms with Crippen molar-refractivity contribution in [1.29, 1.82) is 0 Å². The van der Waals surface area contributed by atoms with Crippen LogP contribution in [-0.4, -0.2) is 36.1 Å². The summed E-state index contributed by atoms with van der Waals surface area (Å²) in [6, 6.07) is 26.5. The first-order chi connectivity index (χ1) is 15.5. The predicted molar refractivity (Wildman–Crippen MR) is 120 cm³/mol. The SMILES string of the molecule is COC(=O)CC[C@@H](NC(=O)C(c1ccccc1)(c1ccccc1)c1ccccc1)C(=O)O. The summed E-state index contributed by atoms with van der Waals surface area (Å²) in [6.07, 6.45) is -0.203. The zero-order valence-corrected chi connectivity index (χ0v) is 17.7. The molecular weight excluding hydrogens is 406 g/mol. The Morgan fingerprint density at radius 1 is 0.812 bits per heavy atom. The van der Waals surface area contributed by atoms with Crippen LogP contribution in [0.1, 0.15) is 29.5 Å². The third-order valence-corrected chi connectivity index (χ3v) is 5.43. The van der Waals surface area contributed by atoms with Gasteiger partial charge in [0.25, 0.3) is 0 Å². The van der Waals surface area contributed by atoms with E-state index < -0.39 is 29.3 Å². The fourth-order valence-electron chi connectivity index (χ4n) is 3.85. The molecule has 1 amide bonds. The first kappa shape index (κ1) is 22.7. The number of hydrogen-bond acceptors (Lipinski definition) is 4. The summed E-state index contributed by atoms with van der Waals surface area (Å²) in [5.41, 5.74) is 0.814. The van der Waals surface area contributed by atoms with E-state index >= 15 is 0 Å². The van der Waals surface area contributed by atoms with Gasteiger partial charge in [0, 0.05) is 6.42 Å². The minimum Gasteiger partial charge on any atom is -0.480 e. The van der Waals surface area contributed by atoms with Crippen LogP contribution in [0, 0.1) is 0 Å². The van der Waals surface area contributed by atoms with Crippen LogP contribution in [0.4, 0.5) is 0 Å². The van der Waals surface area contributed by atoms with Crippen molar-refractivity contribution in [3.8, 4) is 0 Å². The molecule has 32 heavy (non-hydrogen) atoms. The molecule has 164 valence electrons. The van der Waals surface area contributed by atoms with Crippen molar-refractivity contribution in [1.82, 2.24) is 5.32 Å².